The van der Waals surface area contributed by atoms with Crippen LogP contribution >= 0.6 is 11.3 Å². The number of rotatable bonds is 2. The molecule has 0 unspecified atom stereocenters. The van der Waals surface area contributed by atoms with E-state index in [9.17, 15) is 0 Å². The number of imidazole rings is 1. The minimum Gasteiger partial charge on any atom is -0.326 e. The van der Waals surface area contributed by atoms with Crippen molar-refractivity contribution < 1.29 is 0 Å². The molecule has 0 N–H and O–H groups in total. The number of benzene rings is 1. The lowest BCUT2D eigenvalue weighted by atomic mass is 10.1. The minimum atomic E-state index is 0.440. The van der Waals surface area contributed by atoms with Crippen molar-refractivity contribution in [2.45, 2.75) is 6.42 Å². The molecule has 0 radical (unpaired) electrons. The lowest BCUT2D eigenvalue weighted by Gasteiger charge is -2.00. The van der Waals surface area contributed by atoms with Crippen LogP contribution in [-0.4, -0.2) is 9.55 Å². The molecule has 18 heavy (non-hydrogen) atoms. The summed E-state index contributed by atoms with van der Waals surface area (Å²) in [7, 11) is 2.01. The van der Waals surface area contributed by atoms with Gasteiger partial charge in [-0.1, -0.05) is 12.1 Å². The van der Waals surface area contributed by atoms with E-state index in [1.165, 1.54) is 0 Å². The zero-order valence-electron chi connectivity index (χ0n) is 9.92. The third kappa shape index (κ3) is 1.69. The van der Waals surface area contributed by atoms with Crippen LogP contribution in [0.1, 0.15) is 5.56 Å². The first-order valence-electron chi connectivity index (χ1n) is 5.66. The van der Waals surface area contributed by atoms with Gasteiger partial charge < -0.3 is 4.57 Å². The van der Waals surface area contributed by atoms with Gasteiger partial charge in [0.1, 0.15) is 0 Å². The van der Waals surface area contributed by atoms with Crippen molar-refractivity contribution >= 4 is 22.4 Å². The number of nitriles is 1. The van der Waals surface area contributed by atoms with Gasteiger partial charge in [0, 0.05) is 7.05 Å². The quantitative estimate of drug-likeness (QED) is 0.702. The SMILES string of the molecule is Cn1c(-c2cccs2)nc2ccc(CC#N)cc21. The van der Waals surface area contributed by atoms with E-state index in [1.54, 1.807) is 11.3 Å². The zero-order chi connectivity index (χ0) is 12.5. The zero-order valence-corrected chi connectivity index (χ0v) is 10.7. The molecule has 3 aromatic rings. The summed E-state index contributed by atoms with van der Waals surface area (Å²) in [5.41, 5.74) is 3.08. The van der Waals surface area contributed by atoms with Crippen molar-refractivity contribution in [1.29, 1.82) is 5.26 Å². The van der Waals surface area contributed by atoms with Gasteiger partial charge in [-0.2, -0.15) is 5.26 Å². The van der Waals surface area contributed by atoms with Gasteiger partial charge in [0.25, 0.3) is 0 Å². The number of hydrogen-bond acceptors (Lipinski definition) is 3. The summed E-state index contributed by atoms with van der Waals surface area (Å²) in [6, 6.07) is 12.3. The lowest BCUT2D eigenvalue weighted by Crippen LogP contribution is -1.91. The van der Waals surface area contributed by atoms with Crippen LogP contribution in [0.3, 0.4) is 0 Å². The molecule has 88 valence electrons. The van der Waals surface area contributed by atoms with Gasteiger partial charge in [-0.15, -0.1) is 11.3 Å². The molecule has 0 amide bonds. The second kappa shape index (κ2) is 4.28. The smallest absolute Gasteiger partial charge is 0.150 e. The molecule has 0 atom stereocenters. The Morgan fingerprint density at radius 2 is 2.28 bits per heavy atom. The normalized spacial score (nSPS) is 10.7. The molecule has 1 aromatic carbocycles. The fourth-order valence-electron chi connectivity index (χ4n) is 2.06. The van der Waals surface area contributed by atoms with Gasteiger partial charge in [-0.3, -0.25) is 0 Å². The van der Waals surface area contributed by atoms with Crippen LogP contribution in [0, 0.1) is 11.3 Å². The maximum atomic E-state index is 8.75. The van der Waals surface area contributed by atoms with E-state index in [0.29, 0.717) is 6.42 Å². The summed E-state index contributed by atoms with van der Waals surface area (Å²) in [5.74, 6) is 0.981. The van der Waals surface area contributed by atoms with Gasteiger partial charge in [0.15, 0.2) is 5.82 Å². The third-order valence-corrected chi connectivity index (χ3v) is 3.84. The Morgan fingerprint density at radius 1 is 1.39 bits per heavy atom. The van der Waals surface area contributed by atoms with E-state index < -0.39 is 0 Å². The van der Waals surface area contributed by atoms with Crippen LogP contribution in [0.2, 0.25) is 0 Å². The summed E-state index contributed by atoms with van der Waals surface area (Å²) in [4.78, 5) is 5.81. The highest BCUT2D eigenvalue weighted by Crippen LogP contribution is 2.27. The van der Waals surface area contributed by atoms with E-state index in [0.717, 1.165) is 27.3 Å². The molecule has 3 nitrogen and oxygen atoms in total. The van der Waals surface area contributed by atoms with Crippen molar-refractivity contribution in [2.75, 3.05) is 0 Å². The molecular formula is C14H11N3S. The molecular weight excluding hydrogens is 242 g/mol. The molecule has 4 heteroatoms. The number of aromatic nitrogens is 2. The summed E-state index contributed by atoms with van der Waals surface area (Å²) in [5, 5.41) is 10.8. The van der Waals surface area contributed by atoms with Crippen LogP contribution in [0.25, 0.3) is 21.7 Å². The summed E-state index contributed by atoms with van der Waals surface area (Å²) in [6.07, 6.45) is 0.440. The second-order valence-corrected chi connectivity index (χ2v) is 5.08. The van der Waals surface area contributed by atoms with Crippen molar-refractivity contribution in [3.8, 4) is 16.8 Å². The number of hydrogen-bond donors (Lipinski definition) is 0. The van der Waals surface area contributed by atoms with Crippen LogP contribution in [0.5, 0.6) is 0 Å². The molecule has 0 saturated carbocycles. The predicted molar refractivity (Wildman–Crippen MR) is 73.3 cm³/mol. The molecule has 0 aliphatic rings. The second-order valence-electron chi connectivity index (χ2n) is 4.13. The van der Waals surface area contributed by atoms with Gasteiger partial charge in [-0.05, 0) is 29.1 Å². The maximum absolute atomic E-state index is 8.75. The molecule has 0 bridgehead atoms. The molecule has 0 spiro atoms. The monoisotopic (exact) mass is 253 g/mol. The summed E-state index contributed by atoms with van der Waals surface area (Å²) in [6.45, 7) is 0. The van der Waals surface area contributed by atoms with E-state index in [1.807, 2.05) is 31.3 Å². The highest BCUT2D eigenvalue weighted by Gasteiger charge is 2.10. The van der Waals surface area contributed by atoms with Gasteiger partial charge in [-0.25, -0.2) is 4.98 Å². The predicted octanol–water partition coefficient (Wildman–Crippen LogP) is 3.37. The van der Waals surface area contributed by atoms with E-state index in [-0.39, 0.29) is 0 Å². The van der Waals surface area contributed by atoms with Crippen molar-refractivity contribution in [3.05, 3.63) is 41.3 Å². The molecule has 0 fully saturated rings. The molecule has 3 rings (SSSR count). The van der Waals surface area contributed by atoms with E-state index in [4.69, 9.17) is 5.26 Å². The first kappa shape index (κ1) is 11.0. The highest BCUT2D eigenvalue weighted by molar-refractivity contribution is 7.13. The van der Waals surface area contributed by atoms with Gasteiger partial charge in [0.05, 0.1) is 28.4 Å². The summed E-state index contributed by atoms with van der Waals surface area (Å²) < 4.78 is 2.09. The number of fused-ring (bicyclic) bond motifs is 1. The first-order valence-corrected chi connectivity index (χ1v) is 6.54. The Bertz CT molecular complexity index is 732. The number of thiophene rings is 1. The highest BCUT2D eigenvalue weighted by atomic mass is 32.1. The van der Waals surface area contributed by atoms with Crippen molar-refractivity contribution in [3.63, 3.8) is 0 Å². The molecule has 0 aliphatic carbocycles. The molecule has 0 aliphatic heterocycles. The van der Waals surface area contributed by atoms with Crippen molar-refractivity contribution in [1.82, 2.24) is 9.55 Å². The molecule has 2 heterocycles. The Hall–Kier alpha value is -2.12. The average Bonchev–Trinajstić information content (AvgIpc) is 2.99. The van der Waals surface area contributed by atoms with Gasteiger partial charge in [0.2, 0.25) is 0 Å². The Kier molecular flexibility index (Phi) is 2.62. The fourth-order valence-corrected chi connectivity index (χ4v) is 2.81. The average molecular weight is 253 g/mol. The Balaban J connectivity index is 2.20. The van der Waals surface area contributed by atoms with Gasteiger partial charge >= 0.3 is 0 Å². The van der Waals surface area contributed by atoms with Crippen LogP contribution < -0.4 is 0 Å². The Labute approximate surface area is 109 Å². The van der Waals surface area contributed by atoms with Crippen LogP contribution in [-0.2, 0) is 13.5 Å². The molecule has 2 aromatic heterocycles. The Morgan fingerprint density at radius 3 is 3.00 bits per heavy atom. The van der Waals surface area contributed by atoms with Crippen molar-refractivity contribution in [2.24, 2.45) is 7.05 Å². The molecule has 0 saturated heterocycles. The number of nitrogens with zero attached hydrogens (tertiary/aromatic N) is 3. The fraction of sp³-hybridized carbons (Fsp3) is 0.143. The maximum Gasteiger partial charge on any atom is 0.150 e. The lowest BCUT2D eigenvalue weighted by molar-refractivity contribution is 0.962. The minimum absolute atomic E-state index is 0.440. The largest absolute Gasteiger partial charge is 0.326 e. The van der Waals surface area contributed by atoms with Crippen LogP contribution in [0.15, 0.2) is 35.7 Å². The third-order valence-electron chi connectivity index (χ3n) is 2.97. The summed E-state index contributed by atoms with van der Waals surface area (Å²) >= 11 is 1.68. The standard InChI is InChI=1S/C14H11N3S/c1-17-12-9-10(6-7-15)4-5-11(12)16-14(17)13-3-2-8-18-13/h2-5,8-9H,6H2,1H3. The number of aryl methyl sites for hydroxylation is 1. The van der Waals surface area contributed by atoms with E-state index >= 15 is 0 Å². The first-order chi connectivity index (χ1) is 8.79. The van der Waals surface area contributed by atoms with Crippen LogP contribution in [0.4, 0.5) is 0 Å². The van der Waals surface area contributed by atoms with E-state index in [2.05, 4.69) is 27.1 Å². The topological polar surface area (TPSA) is 41.6 Å².